The molecule has 1 N–H and O–H groups in total. The second-order valence-electron chi connectivity index (χ2n) is 6.45. The highest BCUT2D eigenvalue weighted by Crippen LogP contribution is 2.30. The average Bonchev–Trinajstić information content (AvgIpc) is 2.80. The first-order valence-corrected chi connectivity index (χ1v) is 9.98. The Hall–Kier alpha value is -4.19. The molecule has 0 aliphatic rings. The summed E-state index contributed by atoms with van der Waals surface area (Å²) in [6, 6.07) is 17.8. The van der Waals surface area contributed by atoms with Crippen LogP contribution in [-0.2, 0) is 4.79 Å². The predicted octanol–water partition coefficient (Wildman–Crippen LogP) is 5.67. The van der Waals surface area contributed by atoms with E-state index in [1.165, 1.54) is 54.6 Å². The van der Waals surface area contributed by atoms with E-state index in [1.807, 2.05) is 6.07 Å². The van der Waals surface area contributed by atoms with E-state index in [-0.39, 0.29) is 38.3 Å². The molecule has 0 spiro atoms. The van der Waals surface area contributed by atoms with Gasteiger partial charge in [0.2, 0.25) is 0 Å². The lowest BCUT2D eigenvalue weighted by Gasteiger charge is -2.08. The summed E-state index contributed by atoms with van der Waals surface area (Å²) >= 11 is 12.1. The molecule has 0 fully saturated rings. The summed E-state index contributed by atoms with van der Waals surface area (Å²) in [6.07, 6.45) is 1.33. The van der Waals surface area contributed by atoms with Gasteiger partial charge in [0, 0.05) is 6.07 Å². The lowest BCUT2D eigenvalue weighted by Crippen LogP contribution is -2.14. The Morgan fingerprint density at radius 3 is 2.24 bits per heavy atom. The zero-order valence-corrected chi connectivity index (χ0v) is 18.1. The molecule has 0 aromatic heterocycles. The Bertz CT molecular complexity index is 1290. The van der Waals surface area contributed by atoms with Gasteiger partial charge in [-0.15, -0.1) is 0 Å². The number of nitro benzene ring substituents is 1. The van der Waals surface area contributed by atoms with Crippen LogP contribution < -0.4 is 10.1 Å². The van der Waals surface area contributed by atoms with E-state index in [4.69, 9.17) is 27.9 Å². The van der Waals surface area contributed by atoms with Crippen molar-refractivity contribution < 1.29 is 19.2 Å². The number of nitriles is 1. The van der Waals surface area contributed by atoms with Gasteiger partial charge in [-0.25, -0.2) is 4.79 Å². The summed E-state index contributed by atoms with van der Waals surface area (Å²) in [6.45, 7) is 0. The first-order chi connectivity index (χ1) is 15.8. The third-order valence-electron chi connectivity index (χ3n) is 4.29. The molecule has 0 radical (unpaired) electrons. The Kier molecular flexibility index (Phi) is 7.41. The van der Waals surface area contributed by atoms with Crippen LogP contribution >= 0.6 is 23.2 Å². The Morgan fingerprint density at radius 1 is 1.00 bits per heavy atom. The summed E-state index contributed by atoms with van der Waals surface area (Å²) in [5, 5.41) is 23.4. The number of carbonyl (C=O) groups is 2. The van der Waals surface area contributed by atoms with Crippen LogP contribution in [0.15, 0.2) is 72.3 Å². The largest absolute Gasteiger partial charge is 0.423 e. The second kappa shape index (κ2) is 10.4. The smallest absolute Gasteiger partial charge is 0.350 e. The minimum Gasteiger partial charge on any atom is -0.423 e. The third-order valence-corrected chi connectivity index (χ3v) is 4.92. The van der Waals surface area contributed by atoms with Gasteiger partial charge in [0.15, 0.2) is 0 Å². The molecular formula is C23H13Cl2N3O5. The fraction of sp³-hybridized carbons (Fsp3) is 0. The molecule has 164 valence electrons. The zero-order valence-electron chi connectivity index (χ0n) is 16.6. The SMILES string of the molecule is N#C/C(=C\c1ccc(OC(=O)c2ccccc2[N+](=O)[O-])cc1)C(=O)Nc1c(Cl)cccc1Cl. The van der Waals surface area contributed by atoms with Gasteiger partial charge in [-0.05, 0) is 42.0 Å². The van der Waals surface area contributed by atoms with Crippen LogP contribution in [0.3, 0.4) is 0 Å². The maximum Gasteiger partial charge on any atom is 0.350 e. The van der Waals surface area contributed by atoms with E-state index in [0.29, 0.717) is 5.56 Å². The molecule has 10 heteroatoms. The Balaban J connectivity index is 1.75. The number of hydrogen-bond acceptors (Lipinski definition) is 6. The number of carbonyl (C=O) groups excluding carboxylic acids is 2. The van der Waals surface area contributed by atoms with Crippen molar-refractivity contribution in [3.63, 3.8) is 0 Å². The topological polar surface area (TPSA) is 122 Å². The molecule has 1 amide bonds. The van der Waals surface area contributed by atoms with Crippen molar-refractivity contribution in [2.75, 3.05) is 5.32 Å². The maximum atomic E-state index is 12.5. The van der Waals surface area contributed by atoms with Crippen molar-refractivity contribution in [3.8, 4) is 11.8 Å². The summed E-state index contributed by atoms with van der Waals surface area (Å²) < 4.78 is 5.19. The van der Waals surface area contributed by atoms with Crippen molar-refractivity contribution in [2.24, 2.45) is 0 Å². The monoisotopic (exact) mass is 481 g/mol. The fourth-order valence-electron chi connectivity index (χ4n) is 2.71. The van der Waals surface area contributed by atoms with Gasteiger partial charge in [-0.2, -0.15) is 5.26 Å². The number of para-hydroxylation sites is 2. The standard InChI is InChI=1S/C23H13Cl2N3O5/c24-18-5-3-6-19(25)21(18)27-22(29)15(13-26)12-14-8-10-16(11-9-14)33-23(30)17-4-1-2-7-20(17)28(31)32/h1-12H,(H,27,29)/b15-12+. The molecule has 0 aliphatic heterocycles. The highest BCUT2D eigenvalue weighted by Gasteiger charge is 2.21. The summed E-state index contributed by atoms with van der Waals surface area (Å²) in [4.78, 5) is 35.2. The van der Waals surface area contributed by atoms with Crippen LogP contribution in [-0.4, -0.2) is 16.8 Å². The predicted molar refractivity (Wildman–Crippen MR) is 123 cm³/mol. The highest BCUT2D eigenvalue weighted by atomic mass is 35.5. The van der Waals surface area contributed by atoms with Crippen molar-refractivity contribution in [1.82, 2.24) is 0 Å². The summed E-state index contributed by atoms with van der Waals surface area (Å²) in [5.74, 6) is -1.47. The van der Waals surface area contributed by atoms with Gasteiger partial charge in [-0.1, -0.05) is 53.5 Å². The third kappa shape index (κ3) is 5.74. The van der Waals surface area contributed by atoms with E-state index < -0.39 is 16.8 Å². The molecule has 33 heavy (non-hydrogen) atoms. The van der Waals surface area contributed by atoms with Crippen LogP contribution in [0.25, 0.3) is 6.08 Å². The van der Waals surface area contributed by atoms with E-state index in [9.17, 15) is 25.0 Å². The first kappa shape index (κ1) is 23.5. The number of hydrogen-bond donors (Lipinski definition) is 1. The fourth-order valence-corrected chi connectivity index (χ4v) is 3.20. The number of anilines is 1. The second-order valence-corrected chi connectivity index (χ2v) is 7.27. The van der Waals surface area contributed by atoms with Gasteiger partial charge >= 0.3 is 5.97 Å². The molecule has 0 saturated heterocycles. The number of nitrogens with zero attached hydrogens (tertiary/aromatic N) is 2. The molecule has 0 saturated carbocycles. The average molecular weight is 482 g/mol. The van der Waals surface area contributed by atoms with Crippen LogP contribution in [0.2, 0.25) is 10.0 Å². The quantitative estimate of drug-likeness (QED) is 0.121. The van der Waals surface area contributed by atoms with Gasteiger partial charge in [0.1, 0.15) is 23.0 Å². The summed E-state index contributed by atoms with van der Waals surface area (Å²) in [7, 11) is 0. The molecule has 3 rings (SSSR count). The molecule has 8 nitrogen and oxygen atoms in total. The lowest BCUT2D eigenvalue weighted by atomic mass is 10.1. The number of rotatable bonds is 6. The molecular weight excluding hydrogens is 469 g/mol. The normalized spacial score (nSPS) is 10.8. The van der Waals surface area contributed by atoms with Crippen LogP contribution in [0, 0.1) is 21.4 Å². The van der Waals surface area contributed by atoms with E-state index in [2.05, 4.69) is 5.32 Å². The van der Waals surface area contributed by atoms with Gasteiger partial charge in [0.25, 0.3) is 11.6 Å². The van der Waals surface area contributed by atoms with Crippen molar-refractivity contribution >= 4 is 52.5 Å². The molecule has 0 unspecified atom stereocenters. The Labute approximate surface area is 197 Å². The number of nitrogens with one attached hydrogen (secondary N) is 1. The van der Waals surface area contributed by atoms with E-state index in [0.717, 1.165) is 0 Å². The van der Waals surface area contributed by atoms with Crippen LogP contribution in [0.1, 0.15) is 15.9 Å². The van der Waals surface area contributed by atoms with Crippen molar-refractivity contribution in [3.05, 3.63) is 104 Å². The van der Waals surface area contributed by atoms with E-state index >= 15 is 0 Å². The number of nitro groups is 1. The molecule has 3 aromatic carbocycles. The molecule has 0 atom stereocenters. The van der Waals surface area contributed by atoms with Crippen molar-refractivity contribution in [1.29, 1.82) is 5.26 Å². The minimum absolute atomic E-state index is 0.126. The van der Waals surface area contributed by atoms with E-state index in [1.54, 1.807) is 18.2 Å². The van der Waals surface area contributed by atoms with Gasteiger partial charge in [-0.3, -0.25) is 14.9 Å². The number of ether oxygens (including phenoxy) is 1. The van der Waals surface area contributed by atoms with Crippen LogP contribution in [0.5, 0.6) is 5.75 Å². The van der Waals surface area contributed by atoms with Crippen molar-refractivity contribution in [2.45, 2.75) is 0 Å². The van der Waals surface area contributed by atoms with Crippen LogP contribution in [0.4, 0.5) is 11.4 Å². The number of benzene rings is 3. The molecule has 0 aliphatic carbocycles. The summed E-state index contributed by atoms with van der Waals surface area (Å²) in [5.41, 5.74) is -0.115. The molecule has 0 heterocycles. The number of esters is 1. The minimum atomic E-state index is -0.890. The van der Waals surface area contributed by atoms with Gasteiger partial charge < -0.3 is 10.1 Å². The highest BCUT2D eigenvalue weighted by molar-refractivity contribution is 6.40. The molecule has 0 bridgehead atoms. The first-order valence-electron chi connectivity index (χ1n) is 9.23. The number of amides is 1. The maximum absolute atomic E-state index is 12.5. The number of halogens is 2. The lowest BCUT2D eigenvalue weighted by molar-refractivity contribution is -0.385. The molecule has 3 aromatic rings. The Morgan fingerprint density at radius 2 is 1.64 bits per heavy atom. The van der Waals surface area contributed by atoms with Gasteiger partial charge in [0.05, 0.1) is 20.7 Å². The zero-order chi connectivity index (χ0) is 24.0.